The van der Waals surface area contributed by atoms with E-state index in [0.717, 1.165) is 38.4 Å². The molecule has 1 amide bonds. The van der Waals surface area contributed by atoms with Crippen LogP contribution in [0.2, 0.25) is 0 Å². The van der Waals surface area contributed by atoms with Crippen molar-refractivity contribution in [2.45, 2.75) is 59.4 Å². The molecule has 1 heterocycles. The Hall–Kier alpha value is -0.570. The van der Waals surface area contributed by atoms with Crippen LogP contribution in [-0.2, 0) is 4.79 Å². The molecule has 2 atom stereocenters. The normalized spacial score (nSPS) is 23.3. The summed E-state index contributed by atoms with van der Waals surface area (Å²) in [5.74, 6) is 1.67. The van der Waals surface area contributed by atoms with Gasteiger partial charge < -0.3 is 10.2 Å². The van der Waals surface area contributed by atoms with E-state index in [-0.39, 0.29) is 0 Å². The molecule has 1 N–H and O–H groups in total. The van der Waals surface area contributed by atoms with E-state index in [2.05, 4.69) is 37.9 Å². The standard InChI is InChI=1S/C15H30N2O/c1-5-13-7-8-15(18)17(10-9-13)11-14(12(3)4)16-6-2/h12-14,16H,5-11H2,1-4H3. The largest absolute Gasteiger partial charge is 0.341 e. The van der Waals surface area contributed by atoms with Crippen LogP contribution in [0.1, 0.15) is 53.4 Å². The lowest BCUT2D eigenvalue weighted by Gasteiger charge is -2.29. The molecule has 106 valence electrons. The third-order valence-corrected chi connectivity index (χ3v) is 4.19. The first-order chi connectivity index (χ1) is 8.58. The highest BCUT2D eigenvalue weighted by Gasteiger charge is 2.24. The number of carbonyl (C=O) groups excluding carboxylic acids is 1. The SMILES string of the molecule is CCNC(CN1CCC(CC)CCC1=O)C(C)C. The lowest BCUT2D eigenvalue weighted by Crippen LogP contribution is -2.46. The second-order valence-electron chi connectivity index (χ2n) is 5.85. The molecule has 0 aromatic rings. The number of rotatable bonds is 6. The van der Waals surface area contributed by atoms with Crippen LogP contribution in [-0.4, -0.2) is 36.5 Å². The number of nitrogens with one attached hydrogen (secondary N) is 1. The Balaban J connectivity index is 2.55. The van der Waals surface area contributed by atoms with E-state index in [1.165, 1.54) is 12.8 Å². The fourth-order valence-electron chi connectivity index (χ4n) is 2.71. The third kappa shape index (κ3) is 4.60. The summed E-state index contributed by atoms with van der Waals surface area (Å²) in [6.45, 7) is 11.6. The van der Waals surface area contributed by atoms with Crippen LogP contribution in [0.25, 0.3) is 0 Å². The summed E-state index contributed by atoms with van der Waals surface area (Å²) in [5.41, 5.74) is 0. The minimum absolute atomic E-state index is 0.356. The molecule has 2 unspecified atom stereocenters. The van der Waals surface area contributed by atoms with E-state index in [1.807, 2.05) is 0 Å². The van der Waals surface area contributed by atoms with Crippen LogP contribution in [0.5, 0.6) is 0 Å². The molecule has 0 aromatic heterocycles. The minimum Gasteiger partial charge on any atom is -0.341 e. The number of hydrogen-bond donors (Lipinski definition) is 1. The Labute approximate surface area is 112 Å². The van der Waals surface area contributed by atoms with Gasteiger partial charge >= 0.3 is 0 Å². The van der Waals surface area contributed by atoms with Crippen LogP contribution in [0.3, 0.4) is 0 Å². The average molecular weight is 254 g/mol. The first-order valence-corrected chi connectivity index (χ1v) is 7.59. The number of nitrogens with zero attached hydrogens (tertiary/aromatic N) is 1. The summed E-state index contributed by atoms with van der Waals surface area (Å²) in [6.07, 6.45) is 4.22. The maximum absolute atomic E-state index is 12.1. The van der Waals surface area contributed by atoms with Crippen molar-refractivity contribution in [3.63, 3.8) is 0 Å². The van der Waals surface area contributed by atoms with Crippen LogP contribution in [0.4, 0.5) is 0 Å². The fraction of sp³-hybridized carbons (Fsp3) is 0.933. The van der Waals surface area contributed by atoms with Crippen molar-refractivity contribution in [2.75, 3.05) is 19.6 Å². The van der Waals surface area contributed by atoms with Gasteiger partial charge in [-0.1, -0.05) is 34.1 Å². The highest BCUT2D eigenvalue weighted by molar-refractivity contribution is 5.76. The molecule has 0 aliphatic carbocycles. The molecule has 0 saturated carbocycles. The molecular formula is C15H30N2O. The van der Waals surface area contributed by atoms with Crippen molar-refractivity contribution < 1.29 is 4.79 Å². The highest BCUT2D eigenvalue weighted by Crippen LogP contribution is 2.21. The van der Waals surface area contributed by atoms with Gasteiger partial charge in [0.2, 0.25) is 5.91 Å². The molecule has 0 spiro atoms. The topological polar surface area (TPSA) is 32.3 Å². The van der Waals surface area contributed by atoms with E-state index >= 15 is 0 Å². The van der Waals surface area contributed by atoms with Crippen molar-refractivity contribution in [3.8, 4) is 0 Å². The Morgan fingerprint density at radius 2 is 2.06 bits per heavy atom. The quantitative estimate of drug-likeness (QED) is 0.790. The van der Waals surface area contributed by atoms with Crippen LogP contribution in [0.15, 0.2) is 0 Å². The van der Waals surface area contributed by atoms with Crippen LogP contribution < -0.4 is 5.32 Å². The Bertz CT molecular complexity index is 253. The van der Waals surface area contributed by atoms with Crippen molar-refractivity contribution >= 4 is 5.91 Å². The van der Waals surface area contributed by atoms with Crippen molar-refractivity contribution in [1.82, 2.24) is 10.2 Å². The Kier molecular flexibility index (Phi) is 6.69. The molecule has 0 aromatic carbocycles. The smallest absolute Gasteiger partial charge is 0.222 e. The third-order valence-electron chi connectivity index (χ3n) is 4.19. The van der Waals surface area contributed by atoms with Gasteiger partial charge in [-0.05, 0) is 31.2 Å². The van der Waals surface area contributed by atoms with Gasteiger partial charge in [0.25, 0.3) is 0 Å². The van der Waals surface area contributed by atoms with Gasteiger partial charge in [0, 0.05) is 25.6 Å². The monoisotopic (exact) mass is 254 g/mol. The van der Waals surface area contributed by atoms with E-state index in [1.54, 1.807) is 0 Å². The second-order valence-corrected chi connectivity index (χ2v) is 5.85. The van der Waals surface area contributed by atoms with Gasteiger partial charge in [-0.3, -0.25) is 4.79 Å². The number of carbonyl (C=O) groups is 1. The van der Waals surface area contributed by atoms with Crippen LogP contribution in [0, 0.1) is 11.8 Å². The predicted octanol–water partition coefficient (Wildman–Crippen LogP) is 2.66. The Morgan fingerprint density at radius 3 is 2.61 bits per heavy atom. The summed E-state index contributed by atoms with van der Waals surface area (Å²) in [5, 5.41) is 3.50. The van der Waals surface area contributed by atoms with Crippen molar-refractivity contribution in [2.24, 2.45) is 11.8 Å². The summed E-state index contributed by atoms with van der Waals surface area (Å²) >= 11 is 0. The van der Waals surface area contributed by atoms with Crippen molar-refractivity contribution in [1.29, 1.82) is 0 Å². The van der Waals surface area contributed by atoms with E-state index < -0.39 is 0 Å². The van der Waals surface area contributed by atoms with Gasteiger partial charge in [0.1, 0.15) is 0 Å². The maximum atomic E-state index is 12.1. The van der Waals surface area contributed by atoms with Gasteiger partial charge in [0.05, 0.1) is 0 Å². The maximum Gasteiger partial charge on any atom is 0.222 e. The lowest BCUT2D eigenvalue weighted by molar-refractivity contribution is -0.131. The fourth-order valence-corrected chi connectivity index (χ4v) is 2.71. The van der Waals surface area contributed by atoms with Crippen LogP contribution >= 0.6 is 0 Å². The summed E-state index contributed by atoms with van der Waals surface area (Å²) in [6, 6.07) is 0.428. The second kappa shape index (κ2) is 7.78. The first-order valence-electron chi connectivity index (χ1n) is 7.59. The number of amides is 1. The molecule has 1 saturated heterocycles. The first kappa shape index (κ1) is 15.5. The molecule has 1 aliphatic rings. The molecule has 18 heavy (non-hydrogen) atoms. The van der Waals surface area contributed by atoms with E-state index in [4.69, 9.17) is 0 Å². The zero-order valence-corrected chi connectivity index (χ0v) is 12.5. The lowest BCUT2D eigenvalue weighted by atomic mass is 9.98. The summed E-state index contributed by atoms with van der Waals surface area (Å²) in [4.78, 5) is 14.2. The minimum atomic E-state index is 0.356. The van der Waals surface area contributed by atoms with E-state index in [0.29, 0.717) is 17.9 Å². The number of likely N-dealkylation sites (N-methyl/N-ethyl adjacent to an activating group) is 1. The summed E-state index contributed by atoms with van der Waals surface area (Å²) in [7, 11) is 0. The average Bonchev–Trinajstić information content (AvgIpc) is 2.51. The number of hydrogen-bond acceptors (Lipinski definition) is 2. The molecule has 3 heteroatoms. The molecule has 1 rings (SSSR count). The van der Waals surface area contributed by atoms with Gasteiger partial charge in [-0.15, -0.1) is 0 Å². The highest BCUT2D eigenvalue weighted by atomic mass is 16.2. The number of likely N-dealkylation sites (tertiary alicyclic amines) is 1. The van der Waals surface area contributed by atoms with Gasteiger partial charge in [-0.2, -0.15) is 0 Å². The molecular weight excluding hydrogens is 224 g/mol. The molecule has 1 aliphatic heterocycles. The zero-order valence-electron chi connectivity index (χ0n) is 12.5. The Morgan fingerprint density at radius 1 is 1.33 bits per heavy atom. The van der Waals surface area contributed by atoms with Gasteiger partial charge in [0.15, 0.2) is 0 Å². The van der Waals surface area contributed by atoms with Gasteiger partial charge in [-0.25, -0.2) is 0 Å². The molecule has 1 fully saturated rings. The summed E-state index contributed by atoms with van der Waals surface area (Å²) < 4.78 is 0. The zero-order chi connectivity index (χ0) is 13.5. The predicted molar refractivity (Wildman–Crippen MR) is 76.5 cm³/mol. The van der Waals surface area contributed by atoms with Crippen molar-refractivity contribution in [3.05, 3.63) is 0 Å². The molecule has 0 bridgehead atoms. The molecule has 0 radical (unpaired) electrons. The molecule has 3 nitrogen and oxygen atoms in total. The van der Waals surface area contributed by atoms with E-state index in [9.17, 15) is 4.79 Å².